The molecule has 0 saturated heterocycles. The standard InChI is InChI=1S/C18H21NO3/c1-4-21-16-10-8-15(9-11-16)19-18(20)12-22-17-7-5-6-13(2)14(17)3/h5-11H,4,12H2,1-3H3,(H,19,20). The first-order valence-electron chi connectivity index (χ1n) is 7.32. The van der Waals surface area contributed by atoms with Crippen molar-refractivity contribution in [2.75, 3.05) is 18.5 Å². The van der Waals surface area contributed by atoms with E-state index in [1.165, 1.54) is 0 Å². The first-order chi connectivity index (χ1) is 10.6. The van der Waals surface area contributed by atoms with Crippen LogP contribution in [-0.4, -0.2) is 19.1 Å². The predicted molar refractivity (Wildman–Crippen MR) is 87.7 cm³/mol. The maximum atomic E-state index is 11.9. The van der Waals surface area contributed by atoms with E-state index in [9.17, 15) is 4.79 Å². The minimum absolute atomic E-state index is 0.0164. The molecule has 1 amide bonds. The molecule has 0 spiro atoms. The molecule has 0 aromatic heterocycles. The zero-order valence-electron chi connectivity index (χ0n) is 13.2. The number of anilines is 1. The molecule has 2 aromatic rings. The maximum Gasteiger partial charge on any atom is 0.262 e. The van der Waals surface area contributed by atoms with Crippen molar-refractivity contribution in [2.45, 2.75) is 20.8 Å². The molecule has 4 nitrogen and oxygen atoms in total. The number of amides is 1. The molecule has 0 unspecified atom stereocenters. The molecule has 0 aliphatic rings. The zero-order chi connectivity index (χ0) is 15.9. The fourth-order valence-corrected chi connectivity index (χ4v) is 2.02. The van der Waals surface area contributed by atoms with E-state index in [1.807, 2.05) is 51.1 Å². The van der Waals surface area contributed by atoms with E-state index < -0.39 is 0 Å². The number of ether oxygens (including phenoxy) is 2. The monoisotopic (exact) mass is 299 g/mol. The number of aryl methyl sites for hydroxylation is 1. The van der Waals surface area contributed by atoms with Crippen LogP contribution in [0.25, 0.3) is 0 Å². The van der Waals surface area contributed by atoms with E-state index in [0.29, 0.717) is 6.61 Å². The molecule has 0 saturated carbocycles. The maximum absolute atomic E-state index is 11.9. The van der Waals surface area contributed by atoms with Gasteiger partial charge in [0, 0.05) is 5.69 Å². The van der Waals surface area contributed by atoms with E-state index in [2.05, 4.69) is 5.32 Å². The Morgan fingerprint density at radius 3 is 2.45 bits per heavy atom. The second-order valence-electron chi connectivity index (χ2n) is 4.99. The highest BCUT2D eigenvalue weighted by Crippen LogP contribution is 2.20. The lowest BCUT2D eigenvalue weighted by Crippen LogP contribution is -2.20. The highest BCUT2D eigenvalue weighted by Gasteiger charge is 2.06. The van der Waals surface area contributed by atoms with Gasteiger partial charge in [-0.3, -0.25) is 4.79 Å². The van der Waals surface area contributed by atoms with Gasteiger partial charge in [-0.2, -0.15) is 0 Å². The van der Waals surface area contributed by atoms with Gasteiger partial charge in [-0.05, 0) is 62.2 Å². The van der Waals surface area contributed by atoms with Gasteiger partial charge in [0.25, 0.3) is 5.91 Å². The Morgan fingerprint density at radius 1 is 1.05 bits per heavy atom. The third kappa shape index (κ3) is 4.25. The normalized spacial score (nSPS) is 10.1. The quantitative estimate of drug-likeness (QED) is 0.884. The van der Waals surface area contributed by atoms with E-state index in [1.54, 1.807) is 12.1 Å². The van der Waals surface area contributed by atoms with Crippen LogP contribution >= 0.6 is 0 Å². The molecule has 2 aromatic carbocycles. The van der Waals surface area contributed by atoms with Crippen LogP contribution in [0.5, 0.6) is 11.5 Å². The molecule has 2 rings (SSSR count). The minimum Gasteiger partial charge on any atom is -0.494 e. The summed E-state index contributed by atoms with van der Waals surface area (Å²) in [5.41, 5.74) is 2.92. The minimum atomic E-state index is -0.190. The summed E-state index contributed by atoms with van der Waals surface area (Å²) in [5, 5.41) is 2.80. The third-order valence-electron chi connectivity index (χ3n) is 3.36. The van der Waals surface area contributed by atoms with Crippen molar-refractivity contribution in [1.82, 2.24) is 0 Å². The van der Waals surface area contributed by atoms with Gasteiger partial charge in [-0.25, -0.2) is 0 Å². The SMILES string of the molecule is CCOc1ccc(NC(=O)COc2cccc(C)c2C)cc1. The lowest BCUT2D eigenvalue weighted by Gasteiger charge is -2.11. The van der Waals surface area contributed by atoms with Crippen molar-refractivity contribution >= 4 is 11.6 Å². The molecule has 0 radical (unpaired) electrons. The first-order valence-corrected chi connectivity index (χ1v) is 7.32. The largest absolute Gasteiger partial charge is 0.494 e. The Balaban J connectivity index is 1.89. The zero-order valence-corrected chi connectivity index (χ0v) is 13.2. The fraction of sp³-hybridized carbons (Fsp3) is 0.278. The summed E-state index contributed by atoms with van der Waals surface area (Å²) < 4.78 is 10.9. The molecular formula is C18H21NO3. The Hall–Kier alpha value is -2.49. The van der Waals surface area contributed by atoms with Gasteiger partial charge in [-0.1, -0.05) is 12.1 Å². The summed E-state index contributed by atoms with van der Waals surface area (Å²) >= 11 is 0. The van der Waals surface area contributed by atoms with Gasteiger partial charge < -0.3 is 14.8 Å². The van der Waals surface area contributed by atoms with Crippen molar-refractivity contribution in [3.05, 3.63) is 53.6 Å². The number of rotatable bonds is 6. The molecule has 0 bridgehead atoms. The molecule has 116 valence electrons. The fourth-order valence-electron chi connectivity index (χ4n) is 2.02. The Morgan fingerprint density at radius 2 is 1.77 bits per heavy atom. The molecular weight excluding hydrogens is 278 g/mol. The molecule has 0 atom stereocenters. The number of benzene rings is 2. The van der Waals surface area contributed by atoms with Crippen LogP contribution in [0.2, 0.25) is 0 Å². The number of carbonyl (C=O) groups excluding carboxylic acids is 1. The van der Waals surface area contributed by atoms with Crippen LogP contribution in [0.4, 0.5) is 5.69 Å². The smallest absolute Gasteiger partial charge is 0.262 e. The third-order valence-corrected chi connectivity index (χ3v) is 3.36. The number of carbonyl (C=O) groups is 1. The van der Waals surface area contributed by atoms with Crippen LogP contribution in [0.1, 0.15) is 18.1 Å². The topological polar surface area (TPSA) is 47.6 Å². The van der Waals surface area contributed by atoms with Gasteiger partial charge in [-0.15, -0.1) is 0 Å². The summed E-state index contributed by atoms with van der Waals surface area (Å²) in [6, 6.07) is 13.1. The summed E-state index contributed by atoms with van der Waals surface area (Å²) in [4.78, 5) is 11.9. The molecule has 0 aliphatic carbocycles. The van der Waals surface area contributed by atoms with Crippen LogP contribution < -0.4 is 14.8 Å². The van der Waals surface area contributed by atoms with Crippen molar-refractivity contribution in [3.8, 4) is 11.5 Å². The summed E-state index contributed by atoms with van der Waals surface area (Å²) in [6.07, 6.45) is 0. The van der Waals surface area contributed by atoms with Crippen molar-refractivity contribution in [2.24, 2.45) is 0 Å². The molecule has 0 aliphatic heterocycles. The van der Waals surface area contributed by atoms with E-state index in [0.717, 1.165) is 28.3 Å². The van der Waals surface area contributed by atoms with Crippen LogP contribution in [0.3, 0.4) is 0 Å². The van der Waals surface area contributed by atoms with Crippen LogP contribution in [0, 0.1) is 13.8 Å². The van der Waals surface area contributed by atoms with Gasteiger partial charge in [0.15, 0.2) is 6.61 Å². The number of hydrogen-bond donors (Lipinski definition) is 1. The number of hydrogen-bond acceptors (Lipinski definition) is 3. The number of nitrogens with one attached hydrogen (secondary N) is 1. The average Bonchev–Trinajstić information content (AvgIpc) is 2.51. The molecule has 0 fully saturated rings. The lowest BCUT2D eigenvalue weighted by atomic mass is 10.1. The van der Waals surface area contributed by atoms with Crippen LogP contribution in [0.15, 0.2) is 42.5 Å². The van der Waals surface area contributed by atoms with Gasteiger partial charge >= 0.3 is 0 Å². The highest BCUT2D eigenvalue weighted by molar-refractivity contribution is 5.91. The highest BCUT2D eigenvalue weighted by atomic mass is 16.5. The Bertz CT molecular complexity index is 635. The average molecular weight is 299 g/mol. The van der Waals surface area contributed by atoms with E-state index >= 15 is 0 Å². The Kier molecular flexibility index (Phi) is 5.42. The molecule has 4 heteroatoms. The molecule has 22 heavy (non-hydrogen) atoms. The van der Waals surface area contributed by atoms with Gasteiger partial charge in [0.2, 0.25) is 0 Å². The van der Waals surface area contributed by atoms with E-state index in [-0.39, 0.29) is 12.5 Å². The van der Waals surface area contributed by atoms with Gasteiger partial charge in [0.05, 0.1) is 6.61 Å². The summed E-state index contributed by atoms with van der Waals surface area (Å²) in [6.45, 7) is 6.53. The summed E-state index contributed by atoms with van der Waals surface area (Å²) in [5.74, 6) is 1.33. The van der Waals surface area contributed by atoms with Crippen molar-refractivity contribution < 1.29 is 14.3 Å². The predicted octanol–water partition coefficient (Wildman–Crippen LogP) is 3.72. The van der Waals surface area contributed by atoms with E-state index in [4.69, 9.17) is 9.47 Å². The Labute approximate surface area is 131 Å². The van der Waals surface area contributed by atoms with Crippen LogP contribution in [-0.2, 0) is 4.79 Å². The second-order valence-corrected chi connectivity index (χ2v) is 4.99. The van der Waals surface area contributed by atoms with Crippen molar-refractivity contribution in [1.29, 1.82) is 0 Å². The lowest BCUT2D eigenvalue weighted by molar-refractivity contribution is -0.118. The molecule has 1 N–H and O–H groups in total. The first kappa shape index (κ1) is 15.9. The molecule has 0 heterocycles. The van der Waals surface area contributed by atoms with Crippen molar-refractivity contribution in [3.63, 3.8) is 0 Å². The summed E-state index contributed by atoms with van der Waals surface area (Å²) in [7, 11) is 0. The van der Waals surface area contributed by atoms with Gasteiger partial charge in [0.1, 0.15) is 11.5 Å². The second kappa shape index (κ2) is 7.50.